The Morgan fingerprint density at radius 1 is 0.643 bits per heavy atom. The van der Waals surface area contributed by atoms with Crippen LogP contribution in [0.2, 0.25) is 0 Å². The Morgan fingerprint density at radius 3 is 1.43 bits per heavy atom. The normalized spacial score (nSPS) is 10.8. The molecule has 0 radical (unpaired) electrons. The smallest absolute Gasteiger partial charge is 0.292 e. The molecule has 0 heterocycles. The summed E-state index contributed by atoms with van der Waals surface area (Å²) in [6, 6.07) is 19.6. The molecule has 0 nitrogen and oxygen atoms in total. The van der Waals surface area contributed by atoms with Crippen LogP contribution in [-0.4, -0.2) is 6.71 Å². The van der Waals surface area contributed by atoms with Crippen LogP contribution in [0.15, 0.2) is 54.6 Å². The van der Waals surface area contributed by atoms with Gasteiger partial charge < -0.3 is 0 Å². The minimum absolute atomic E-state index is 0. The van der Waals surface area contributed by atoms with Crippen molar-refractivity contribution in [3.05, 3.63) is 99.5 Å². The van der Waals surface area contributed by atoms with Gasteiger partial charge in [0.25, 0.3) is 0 Å². The Labute approximate surface area is 183 Å². The minimum atomic E-state index is 0. The summed E-state index contributed by atoms with van der Waals surface area (Å²) in [6.07, 6.45) is 2.14. The molecule has 0 aliphatic carbocycles. The molecule has 0 aliphatic heterocycles. The van der Waals surface area contributed by atoms with Crippen molar-refractivity contribution in [2.45, 2.75) is 41.5 Å². The van der Waals surface area contributed by atoms with Crippen molar-refractivity contribution in [3.63, 3.8) is 0 Å². The van der Waals surface area contributed by atoms with E-state index in [9.17, 15) is 0 Å². The van der Waals surface area contributed by atoms with Gasteiger partial charge in [-0.05, 0) is 41.5 Å². The first-order chi connectivity index (χ1) is 12.9. The second-order valence-electron chi connectivity index (χ2n) is 7.78. The summed E-state index contributed by atoms with van der Waals surface area (Å²) in [4.78, 5) is 0. The van der Waals surface area contributed by atoms with Crippen LogP contribution >= 0.6 is 0 Å². The Hall–Kier alpha value is -1.94. The maximum atomic E-state index is 3.75. The summed E-state index contributed by atoms with van der Waals surface area (Å²) in [5, 5.41) is 0. The monoisotopic (exact) mass is 358 g/mol. The molecule has 28 heavy (non-hydrogen) atoms. The maximum Gasteiger partial charge on any atom is 1.00 e. The summed E-state index contributed by atoms with van der Waals surface area (Å²) in [7, 11) is 0. The zero-order valence-electron chi connectivity index (χ0n) is 18.4. The summed E-state index contributed by atoms with van der Waals surface area (Å²) >= 11 is 0. The van der Waals surface area contributed by atoms with Crippen molar-refractivity contribution >= 4 is 23.7 Å². The summed E-state index contributed by atoms with van der Waals surface area (Å²) in [6.45, 7) is 13.4. The number of rotatable bonds is 4. The van der Waals surface area contributed by atoms with Gasteiger partial charge in [-0.15, -0.1) is 12.1 Å². The van der Waals surface area contributed by atoms with Crippen LogP contribution in [0.4, 0.5) is 0 Å². The molecule has 0 aromatic heterocycles. The fourth-order valence-electron chi connectivity index (χ4n) is 4.33. The van der Waals surface area contributed by atoms with Crippen LogP contribution in [0.3, 0.4) is 0 Å². The summed E-state index contributed by atoms with van der Waals surface area (Å²) in [5.74, 6) is 3.75. The van der Waals surface area contributed by atoms with Gasteiger partial charge in [-0.25, -0.2) is 6.08 Å². The molecule has 136 valence electrons. The van der Waals surface area contributed by atoms with E-state index in [0.29, 0.717) is 0 Å². The van der Waals surface area contributed by atoms with Crippen LogP contribution < -0.4 is 29.8 Å². The molecular formula is C26H28BLi. The first-order valence-corrected chi connectivity index (χ1v) is 9.66. The first-order valence-electron chi connectivity index (χ1n) is 9.66. The van der Waals surface area contributed by atoms with Gasteiger partial charge in [0, 0.05) is 0 Å². The molecular weight excluding hydrogens is 330 g/mol. The van der Waals surface area contributed by atoms with Gasteiger partial charge in [-0.3, -0.25) is 5.98 Å². The fraction of sp³-hybridized carbons (Fsp3) is 0.231. The molecule has 0 spiro atoms. The SMILES string of the molecule is Cc1cc(C)c(B([C-]=Cc2ccccc2)c2c(C)cc(C)cc2C)c(C)c1.[Li+]. The van der Waals surface area contributed by atoms with Gasteiger partial charge >= 0.3 is 18.9 Å². The quantitative estimate of drug-likeness (QED) is 0.496. The van der Waals surface area contributed by atoms with Gasteiger partial charge in [0.1, 0.15) is 6.71 Å². The van der Waals surface area contributed by atoms with Crippen molar-refractivity contribution in [1.82, 2.24) is 0 Å². The second-order valence-corrected chi connectivity index (χ2v) is 7.78. The van der Waals surface area contributed by atoms with Crippen molar-refractivity contribution in [2.75, 3.05) is 0 Å². The standard InChI is InChI=1S/C26H28B.Li/c1-18-14-20(3)25(21(4)15-18)27(13-12-24-10-8-7-9-11-24)26-22(5)16-19(2)17-23(26)6;/h7-12,14-17H,1-6H3;/q-1;+1. The molecule has 0 bridgehead atoms. The van der Waals surface area contributed by atoms with E-state index in [4.69, 9.17) is 0 Å². The molecule has 0 N–H and O–H groups in total. The molecule has 3 aromatic carbocycles. The average molecular weight is 358 g/mol. The Bertz CT molecular complexity index is 883. The zero-order chi connectivity index (χ0) is 19.6. The Morgan fingerprint density at radius 2 is 1.04 bits per heavy atom. The summed E-state index contributed by atoms with van der Waals surface area (Å²) in [5.41, 5.74) is 11.9. The predicted molar refractivity (Wildman–Crippen MR) is 120 cm³/mol. The number of benzene rings is 3. The van der Waals surface area contributed by atoms with Crippen LogP contribution in [0.1, 0.15) is 38.9 Å². The van der Waals surface area contributed by atoms with E-state index in [1.54, 1.807) is 0 Å². The van der Waals surface area contributed by atoms with Gasteiger partial charge in [-0.2, -0.15) is 5.56 Å². The van der Waals surface area contributed by atoms with E-state index in [0.717, 1.165) is 0 Å². The zero-order valence-corrected chi connectivity index (χ0v) is 18.4. The van der Waals surface area contributed by atoms with E-state index in [2.05, 4.69) is 108 Å². The minimum Gasteiger partial charge on any atom is -0.292 e. The Balaban J connectivity index is 0.00000280. The third kappa shape index (κ3) is 4.91. The molecule has 3 aromatic rings. The van der Waals surface area contributed by atoms with Crippen LogP contribution in [-0.2, 0) is 0 Å². The van der Waals surface area contributed by atoms with Crippen molar-refractivity contribution in [1.29, 1.82) is 0 Å². The number of aryl methyl sites for hydroxylation is 6. The van der Waals surface area contributed by atoms with E-state index in [1.807, 2.05) is 0 Å². The molecule has 0 saturated carbocycles. The van der Waals surface area contributed by atoms with Gasteiger partial charge in [0.15, 0.2) is 0 Å². The molecule has 0 atom stereocenters. The van der Waals surface area contributed by atoms with Gasteiger partial charge in [-0.1, -0.05) is 86.8 Å². The topological polar surface area (TPSA) is 0 Å². The van der Waals surface area contributed by atoms with Gasteiger partial charge in [0.05, 0.1) is 0 Å². The number of hydrogen-bond acceptors (Lipinski definition) is 0. The van der Waals surface area contributed by atoms with Crippen LogP contribution in [0.25, 0.3) is 6.08 Å². The first kappa shape index (κ1) is 22.4. The van der Waals surface area contributed by atoms with E-state index < -0.39 is 0 Å². The third-order valence-corrected chi connectivity index (χ3v) is 5.27. The second kappa shape index (κ2) is 9.51. The maximum absolute atomic E-state index is 3.75. The largest absolute Gasteiger partial charge is 1.00 e. The molecule has 0 amide bonds. The molecule has 0 fully saturated rings. The van der Waals surface area contributed by atoms with Crippen LogP contribution in [0.5, 0.6) is 0 Å². The van der Waals surface area contributed by atoms with Crippen molar-refractivity contribution < 1.29 is 18.9 Å². The molecule has 3 rings (SSSR count). The van der Waals surface area contributed by atoms with Crippen molar-refractivity contribution in [2.24, 2.45) is 0 Å². The van der Waals surface area contributed by atoms with Crippen LogP contribution in [0, 0.1) is 47.5 Å². The number of hydrogen-bond donors (Lipinski definition) is 0. The fourth-order valence-corrected chi connectivity index (χ4v) is 4.33. The van der Waals surface area contributed by atoms with Crippen molar-refractivity contribution in [3.8, 4) is 0 Å². The van der Waals surface area contributed by atoms with E-state index in [-0.39, 0.29) is 25.6 Å². The Kier molecular flexibility index (Phi) is 7.59. The average Bonchev–Trinajstić information content (AvgIpc) is 2.58. The molecule has 0 saturated heterocycles. The summed E-state index contributed by atoms with van der Waals surface area (Å²) < 4.78 is 0. The molecule has 2 heteroatoms. The van der Waals surface area contributed by atoms with Gasteiger partial charge in [0.2, 0.25) is 0 Å². The third-order valence-electron chi connectivity index (χ3n) is 5.27. The van der Waals surface area contributed by atoms with E-state index >= 15 is 0 Å². The predicted octanol–water partition coefficient (Wildman–Crippen LogP) is 2.21. The molecule has 0 aliphatic rings. The molecule has 0 unspecified atom stereocenters. The van der Waals surface area contributed by atoms with E-state index in [1.165, 1.54) is 49.9 Å².